The van der Waals surface area contributed by atoms with E-state index >= 15 is 0 Å². The molecular formula is C27H29F2N3O3. The van der Waals surface area contributed by atoms with Crippen LogP contribution in [0.2, 0.25) is 0 Å². The van der Waals surface area contributed by atoms with Crippen LogP contribution in [-0.4, -0.2) is 48.1 Å². The van der Waals surface area contributed by atoms with Gasteiger partial charge in [0.25, 0.3) is 0 Å². The zero-order valence-electron chi connectivity index (χ0n) is 19.9. The Morgan fingerprint density at radius 3 is 2.37 bits per heavy atom. The van der Waals surface area contributed by atoms with Crippen molar-refractivity contribution in [2.45, 2.75) is 33.1 Å². The Morgan fingerprint density at radius 1 is 0.971 bits per heavy atom. The standard InChI is InChI=1S/C27H29F2N3O3/c1-19(2)35-27(33)23-4-3-11-30-26(23)32-14-12-31(13-15-32)17-20-5-7-21(8-6-20)18-34-22-9-10-24(28)25(29)16-22/h3-11,16,19H,12-15,17-18H2,1-2H3. The van der Waals surface area contributed by atoms with Gasteiger partial charge in [0.15, 0.2) is 11.6 Å². The van der Waals surface area contributed by atoms with Gasteiger partial charge in [-0.25, -0.2) is 18.6 Å². The number of benzene rings is 2. The third-order valence-electron chi connectivity index (χ3n) is 5.75. The molecule has 0 atom stereocenters. The summed E-state index contributed by atoms with van der Waals surface area (Å²) >= 11 is 0. The van der Waals surface area contributed by atoms with Crippen LogP contribution in [0.1, 0.15) is 35.3 Å². The molecule has 0 saturated carbocycles. The summed E-state index contributed by atoms with van der Waals surface area (Å²) in [5.74, 6) is -1.20. The lowest BCUT2D eigenvalue weighted by Gasteiger charge is -2.36. The van der Waals surface area contributed by atoms with Crippen LogP contribution in [0.3, 0.4) is 0 Å². The number of carbonyl (C=O) groups is 1. The number of aromatic nitrogens is 1. The lowest BCUT2D eigenvalue weighted by Crippen LogP contribution is -2.46. The molecule has 0 bridgehead atoms. The summed E-state index contributed by atoms with van der Waals surface area (Å²) in [5, 5.41) is 0. The van der Waals surface area contributed by atoms with E-state index in [1.54, 1.807) is 18.3 Å². The van der Waals surface area contributed by atoms with E-state index in [2.05, 4.69) is 26.9 Å². The second-order valence-corrected chi connectivity index (χ2v) is 8.77. The summed E-state index contributed by atoms with van der Waals surface area (Å²) in [5.41, 5.74) is 2.61. The number of halogens is 2. The van der Waals surface area contributed by atoms with E-state index in [9.17, 15) is 13.6 Å². The Labute approximate surface area is 204 Å². The van der Waals surface area contributed by atoms with Crippen LogP contribution in [0.25, 0.3) is 0 Å². The highest BCUT2D eigenvalue weighted by atomic mass is 19.2. The van der Waals surface area contributed by atoms with Crippen molar-refractivity contribution in [2.24, 2.45) is 0 Å². The Kier molecular flexibility index (Phi) is 7.92. The second-order valence-electron chi connectivity index (χ2n) is 8.77. The Morgan fingerprint density at radius 2 is 1.69 bits per heavy atom. The highest BCUT2D eigenvalue weighted by Gasteiger charge is 2.23. The van der Waals surface area contributed by atoms with Crippen molar-refractivity contribution in [1.29, 1.82) is 0 Å². The molecule has 2 heterocycles. The highest BCUT2D eigenvalue weighted by molar-refractivity contribution is 5.94. The molecule has 184 valence electrons. The van der Waals surface area contributed by atoms with Gasteiger partial charge in [0.05, 0.1) is 6.10 Å². The van der Waals surface area contributed by atoms with Gasteiger partial charge >= 0.3 is 5.97 Å². The lowest BCUT2D eigenvalue weighted by molar-refractivity contribution is 0.0378. The number of rotatable bonds is 8. The van der Waals surface area contributed by atoms with Gasteiger partial charge in [-0.3, -0.25) is 4.90 Å². The molecule has 0 aliphatic carbocycles. The van der Waals surface area contributed by atoms with Crippen molar-refractivity contribution < 1.29 is 23.0 Å². The fourth-order valence-corrected chi connectivity index (χ4v) is 3.94. The summed E-state index contributed by atoms with van der Waals surface area (Å²) < 4.78 is 37.3. The van der Waals surface area contributed by atoms with Crippen molar-refractivity contribution >= 4 is 11.8 Å². The average molecular weight is 482 g/mol. The highest BCUT2D eigenvalue weighted by Crippen LogP contribution is 2.22. The molecule has 1 saturated heterocycles. The van der Waals surface area contributed by atoms with Crippen molar-refractivity contribution in [3.05, 3.63) is 89.1 Å². The van der Waals surface area contributed by atoms with E-state index in [0.29, 0.717) is 17.1 Å². The third-order valence-corrected chi connectivity index (χ3v) is 5.75. The number of hydrogen-bond acceptors (Lipinski definition) is 6. The quantitative estimate of drug-likeness (QED) is 0.430. The lowest BCUT2D eigenvalue weighted by atomic mass is 10.1. The molecule has 4 rings (SSSR count). The number of anilines is 1. The van der Waals surface area contributed by atoms with Crippen molar-refractivity contribution in [3.63, 3.8) is 0 Å². The Hall–Kier alpha value is -3.52. The van der Waals surface area contributed by atoms with E-state index < -0.39 is 11.6 Å². The number of ether oxygens (including phenoxy) is 2. The number of piperazine rings is 1. The minimum atomic E-state index is -0.923. The largest absolute Gasteiger partial charge is 0.489 e. The molecular weight excluding hydrogens is 452 g/mol. The third kappa shape index (κ3) is 6.54. The summed E-state index contributed by atoms with van der Waals surface area (Å²) in [4.78, 5) is 21.4. The van der Waals surface area contributed by atoms with Crippen molar-refractivity contribution in [2.75, 3.05) is 31.1 Å². The topological polar surface area (TPSA) is 54.9 Å². The molecule has 0 unspecified atom stereocenters. The average Bonchev–Trinajstić information content (AvgIpc) is 2.86. The molecule has 1 fully saturated rings. The van der Waals surface area contributed by atoms with Gasteiger partial charge in [-0.05, 0) is 49.2 Å². The summed E-state index contributed by atoms with van der Waals surface area (Å²) in [6.45, 7) is 7.96. The van der Waals surface area contributed by atoms with E-state index in [4.69, 9.17) is 9.47 Å². The molecule has 0 radical (unpaired) electrons. The number of nitrogens with zero attached hydrogens (tertiary/aromatic N) is 3. The predicted octanol–water partition coefficient (Wildman–Crippen LogP) is 4.83. The molecule has 1 aliphatic heterocycles. The smallest absolute Gasteiger partial charge is 0.342 e. The molecule has 35 heavy (non-hydrogen) atoms. The minimum absolute atomic E-state index is 0.184. The minimum Gasteiger partial charge on any atom is -0.489 e. The Bertz CT molecular complexity index is 1150. The second kappa shape index (κ2) is 11.3. The summed E-state index contributed by atoms with van der Waals surface area (Å²) in [7, 11) is 0. The predicted molar refractivity (Wildman–Crippen MR) is 129 cm³/mol. The summed E-state index contributed by atoms with van der Waals surface area (Å²) in [6.07, 6.45) is 1.52. The molecule has 0 amide bonds. The van der Waals surface area contributed by atoms with Gasteiger partial charge < -0.3 is 14.4 Å². The zero-order chi connectivity index (χ0) is 24.8. The molecule has 2 aromatic carbocycles. The normalized spacial score (nSPS) is 14.3. The van der Waals surface area contributed by atoms with E-state index in [1.165, 1.54) is 11.6 Å². The first-order valence-electron chi connectivity index (χ1n) is 11.7. The zero-order valence-corrected chi connectivity index (χ0v) is 19.9. The van der Waals surface area contributed by atoms with Crippen LogP contribution >= 0.6 is 0 Å². The number of hydrogen-bond donors (Lipinski definition) is 0. The van der Waals surface area contributed by atoms with Crippen LogP contribution in [0.4, 0.5) is 14.6 Å². The maximum Gasteiger partial charge on any atom is 0.342 e. The molecule has 0 spiro atoms. The van der Waals surface area contributed by atoms with Crippen LogP contribution < -0.4 is 9.64 Å². The van der Waals surface area contributed by atoms with Gasteiger partial charge in [0.1, 0.15) is 23.7 Å². The monoisotopic (exact) mass is 481 g/mol. The van der Waals surface area contributed by atoms with Crippen molar-refractivity contribution in [3.8, 4) is 5.75 Å². The van der Waals surface area contributed by atoms with Gasteiger partial charge in [0, 0.05) is 45.0 Å². The van der Waals surface area contributed by atoms with Gasteiger partial charge in [-0.15, -0.1) is 0 Å². The molecule has 3 aromatic rings. The first kappa shape index (κ1) is 24.6. The van der Waals surface area contributed by atoms with E-state index in [-0.39, 0.29) is 18.7 Å². The number of esters is 1. The van der Waals surface area contributed by atoms with Crippen LogP contribution in [0, 0.1) is 11.6 Å². The molecule has 1 aliphatic rings. The van der Waals surface area contributed by atoms with E-state index in [1.807, 2.05) is 26.0 Å². The van der Waals surface area contributed by atoms with Crippen LogP contribution in [-0.2, 0) is 17.9 Å². The SMILES string of the molecule is CC(C)OC(=O)c1cccnc1N1CCN(Cc2ccc(COc3ccc(F)c(F)c3)cc2)CC1. The maximum absolute atomic E-state index is 13.3. The molecule has 1 aromatic heterocycles. The number of carbonyl (C=O) groups excluding carboxylic acids is 1. The fourth-order valence-electron chi connectivity index (χ4n) is 3.94. The molecule has 6 nitrogen and oxygen atoms in total. The van der Waals surface area contributed by atoms with Crippen molar-refractivity contribution in [1.82, 2.24) is 9.88 Å². The van der Waals surface area contributed by atoms with Gasteiger partial charge in [-0.1, -0.05) is 24.3 Å². The molecule has 0 N–H and O–H groups in total. The summed E-state index contributed by atoms with van der Waals surface area (Å²) in [6, 6.07) is 15.1. The van der Waals surface area contributed by atoms with Crippen LogP contribution in [0.5, 0.6) is 5.75 Å². The van der Waals surface area contributed by atoms with Gasteiger partial charge in [-0.2, -0.15) is 0 Å². The van der Waals surface area contributed by atoms with E-state index in [0.717, 1.165) is 50.4 Å². The molecule has 8 heteroatoms. The fraction of sp³-hybridized carbons (Fsp3) is 0.333. The first-order chi connectivity index (χ1) is 16.9. The number of pyridine rings is 1. The first-order valence-corrected chi connectivity index (χ1v) is 11.7. The van der Waals surface area contributed by atoms with Gasteiger partial charge in [0.2, 0.25) is 0 Å². The maximum atomic E-state index is 13.3. The van der Waals surface area contributed by atoms with Crippen LogP contribution in [0.15, 0.2) is 60.8 Å². The Balaban J connectivity index is 1.28.